The van der Waals surface area contributed by atoms with Gasteiger partial charge in [-0.3, -0.25) is 4.79 Å². The van der Waals surface area contributed by atoms with Gasteiger partial charge in [-0.2, -0.15) is 11.3 Å². The van der Waals surface area contributed by atoms with Crippen molar-refractivity contribution in [3.05, 3.63) is 22.4 Å². The van der Waals surface area contributed by atoms with Crippen molar-refractivity contribution in [3.8, 4) is 0 Å². The molecule has 0 aliphatic heterocycles. The van der Waals surface area contributed by atoms with Crippen molar-refractivity contribution in [2.75, 3.05) is 0 Å². The fourth-order valence-corrected chi connectivity index (χ4v) is 1.96. The Morgan fingerprint density at radius 3 is 2.62 bits per heavy atom. The van der Waals surface area contributed by atoms with Gasteiger partial charge in [-0.05, 0) is 23.8 Å². The van der Waals surface area contributed by atoms with Crippen molar-refractivity contribution in [2.24, 2.45) is 5.92 Å². The van der Waals surface area contributed by atoms with Gasteiger partial charge in [-0.25, -0.2) is 4.79 Å². The van der Waals surface area contributed by atoms with Crippen LogP contribution in [-0.2, 0) is 4.79 Å². The first-order valence-corrected chi connectivity index (χ1v) is 6.01. The Morgan fingerprint density at radius 2 is 2.19 bits per heavy atom. The second kappa shape index (κ2) is 5.65. The zero-order valence-corrected chi connectivity index (χ0v) is 10.1. The highest BCUT2D eigenvalue weighted by molar-refractivity contribution is 7.08. The SMILES string of the molecule is CC(C)C[C@H](NC(=O)c1ccsc1)C(=O)O. The van der Waals surface area contributed by atoms with Crippen LogP contribution < -0.4 is 5.32 Å². The van der Waals surface area contributed by atoms with Gasteiger partial charge < -0.3 is 10.4 Å². The Bertz CT molecular complexity index is 359. The number of rotatable bonds is 5. The highest BCUT2D eigenvalue weighted by atomic mass is 32.1. The van der Waals surface area contributed by atoms with Crippen LogP contribution in [0.25, 0.3) is 0 Å². The smallest absolute Gasteiger partial charge is 0.326 e. The normalized spacial score (nSPS) is 12.4. The van der Waals surface area contributed by atoms with Crippen molar-refractivity contribution >= 4 is 23.2 Å². The molecule has 0 bridgehead atoms. The van der Waals surface area contributed by atoms with E-state index in [0.29, 0.717) is 12.0 Å². The molecule has 0 aliphatic carbocycles. The molecule has 1 amide bonds. The number of carbonyl (C=O) groups excluding carboxylic acids is 1. The van der Waals surface area contributed by atoms with Gasteiger partial charge in [-0.1, -0.05) is 13.8 Å². The average molecular weight is 241 g/mol. The zero-order chi connectivity index (χ0) is 12.1. The lowest BCUT2D eigenvalue weighted by Crippen LogP contribution is -2.41. The fraction of sp³-hybridized carbons (Fsp3) is 0.455. The number of carboxylic acids is 1. The molecule has 16 heavy (non-hydrogen) atoms. The molecule has 1 atom stereocenters. The number of amides is 1. The molecular formula is C11H15NO3S. The van der Waals surface area contributed by atoms with Gasteiger partial charge in [0.25, 0.3) is 5.91 Å². The van der Waals surface area contributed by atoms with Crippen molar-refractivity contribution < 1.29 is 14.7 Å². The third-order valence-corrected chi connectivity index (χ3v) is 2.78. The van der Waals surface area contributed by atoms with Crippen LogP contribution in [0.4, 0.5) is 0 Å². The summed E-state index contributed by atoms with van der Waals surface area (Å²) in [6.45, 7) is 3.85. The minimum Gasteiger partial charge on any atom is -0.480 e. The van der Waals surface area contributed by atoms with Gasteiger partial charge in [0.1, 0.15) is 6.04 Å². The van der Waals surface area contributed by atoms with Crippen LogP contribution in [0.15, 0.2) is 16.8 Å². The molecule has 0 aliphatic rings. The predicted octanol–water partition coefficient (Wildman–Crippen LogP) is 1.98. The molecule has 0 aromatic carbocycles. The summed E-state index contributed by atoms with van der Waals surface area (Å²) in [4.78, 5) is 22.6. The van der Waals surface area contributed by atoms with Crippen molar-refractivity contribution in [1.82, 2.24) is 5.32 Å². The van der Waals surface area contributed by atoms with E-state index in [1.54, 1.807) is 16.8 Å². The maximum Gasteiger partial charge on any atom is 0.326 e. The largest absolute Gasteiger partial charge is 0.480 e. The molecule has 1 aromatic heterocycles. The van der Waals surface area contributed by atoms with Crippen LogP contribution in [0.3, 0.4) is 0 Å². The second-order valence-corrected chi connectivity index (χ2v) is 4.79. The molecule has 1 heterocycles. The molecule has 5 heteroatoms. The summed E-state index contributed by atoms with van der Waals surface area (Å²) in [5, 5.41) is 15.0. The fourth-order valence-electron chi connectivity index (χ4n) is 1.33. The number of hydrogen-bond acceptors (Lipinski definition) is 3. The summed E-state index contributed by atoms with van der Waals surface area (Å²) >= 11 is 1.41. The highest BCUT2D eigenvalue weighted by Gasteiger charge is 2.21. The van der Waals surface area contributed by atoms with E-state index < -0.39 is 12.0 Å². The maximum atomic E-state index is 11.6. The quantitative estimate of drug-likeness (QED) is 0.828. The Kier molecular flexibility index (Phi) is 4.49. The van der Waals surface area contributed by atoms with Crippen LogP contribution in [-0.4, -0.2) is 23.0 Å². The van der Waals surface area contributed by atoms with Crippen LogP contribution in [0.1, 0.15) is 30.6 Å². The number of carbonyl (C=O) groups is 2. The van der Waals surface area contributed by atoms with Gasteiger partial charge in [0, 0.05) is 5.38 Å². The third kappa shape index (κ3) is 3.66. The molecule has 0 saturated carbocycles. The molecule has 1 rings (SSSR count). The second-order valence-electron chi connectivity index (χ2n) is 4.01. The van der Waals surface area contributed by atoms with Gasteiger partial charge in [0.2, 0.25) is 0 Å². The van der Waals surface area contributed by atoms with Gasteiger partial charge in [0.05, 0.1) is 5.56 Å². The Morgan fingerprint density at radius 1 is 1.50 bits per heavy atom. The minimum absolute atomic E-state index is 0.226. The Hall–Kier alpha value is -1.36. The first-order valence-electron chi connectivity index (χ1n) is 5.06. The first-order chi connectivity index (χ1) is 7.50. The van der Waals surface area contributed by atoms with Gasteiger partial charge in [0.15, 0.2) is 0 Å². The molecule has 0 spiro atoms. The molecule has 2 N–H and O–H groups in total. The first kappa shape index (κ1) is 12.7. The maximum absolute atomic E-state index is 11.6. The van der Waals surface area contributed by atoms with Crippen molar-refractivity contribution in [1.29, 1.82) is 0 Å². The molecule has 4 nitrogen and oxygen atoms in total. The molecule has 0 saturated heterocycles. The van der Waals surface area contributed by atoms with E-state index in [1.165, 1.54) is 11.3 Å². The number of nitrogens with one attached hydrogen (secondary N) is 1. The molecule has 0 radical (unpaired) electrons. The summed E-state index contributed by atoms with van der Waals surface area (Å²) in [5.41, 5.74) is 0.514. The van der Waals surface area contributed by atoms with E-state index in [2.05, 4.69) is 5.32 Å². The summed E-state index contributed by atoms with van der Waals surface area (Å²) in [7, 11) is 0. The molecule has 1 aromatic rings. The van der Waals surface area contributed by atoms with E-state index >= 15 is 0 Å². The lowest BCUT2D eigenvalue weighted by molar-refractivity contribution is -0.139. The van der Waals surface area contributed by atoms with E-state index in [4.69, 9.17) is 5.11 Å². The number of aliphatic carboxylic acids is 1. The van der Waals surface area contributed by atoms with Crippen LogP contribution in [0.5, 0.6) is 0 Å². The topological polar surface area (TPSA) is 66.4 Å². The number of carboxylic acid groups (broad SMARTS) is 1. The van der Waals surface area contributed by atoms with Crippen LogP contribution >= 0.6 is 11.3 Å². The Balaban J connectivity index is 2.62. The average Bonchev–Trinajstić information content (AvgIpc) is 2.68. The zero-order valence-electron chi connectivity index (χ0n) is 9.27. The van der Waals surface area contributed by atoms with Crippen LogP contribution in [0.2, 0.25) is 0 Å². The molecule has 88 valence electrons. The van der Waals surface area contributed by atoms with E-state index in [9.17, 15) is 9.59 Å². The van der Waals surface area contributed by atoms with Crippen molar-refractivity contribution in [3.63, 3.8) is 0 Å². The lowest BCUT2D eigenvalue weighted by Gasteiger charge is -2.15. The summed E-state index contributed by atoms with van der Waals surface area (Å²) < 4.78 is 0. The van der Waals surface area contributed by atoms with E-state index in [0.717, 1.165) is 0 Å². The molecule has 0 unspecified atom stereocenters. The number of thiophene rings is 1. The van der Waals surface area contributed by atoms with Crippen molar-refractivity contribution in [2.45, 2.75) is 26.3 Å². The monoisotopic (exact) mass is 241 g/mol. The van der Waals surface area contributed by atoms with Gasteiger partial charge in [-0.15, -0.1) is 0 Å². The summed E-state index contributed by atoms with van der Waals surface area (Å²) in [6, 6.07) is 0.862. The third-order valence-electron chi connectivity index (χ3n) is 2.09. The lowest BCUT2D eigenvalue weighted by atomic mass is 10.0. The van der Waals surface area contributed by atoms with Gasteiger partial charge >= 0.3 is 5.97 Å². The van der Waals surface area contributed by atoms with E-state index in [-0.39, 0.29) is 11.8 Å². The summed E-state index contributed by atoms with van der Waals surface area (Å²) in [5.74, 6) is -1.09. The number of hydrogen-bond donors (Lipinski definition) is 2. The Labute approximate surface area is 98.3 Å². The highest BCUT2D eigenvalue weighted by Crippen LogP contribution is 2.09. The standard InChI is InChI=1S/C11H15NO3S/c1-7(2)5-9(11(14)15)12-10(13)8-3-4-16-6-8/h3-4,6-7,9H,5H2,1-2H3,(H,12,13)(H,14,15)/t9-/m0/s1. The van der Waals surface area contributed by atoms with Crippen LogP contribution in [0, 0.1) is 5.92 Å². The minimum atomic E-state index is -0.989. The van der Waals surface area contributed by atoms with E-state index in [1.807, 2.05) is 13.8 Å². The molecule has 0 fully saturated rings. The molecular weight excluding hydrogens is 226 g/mol. The predicted molar refractivity (Wildman–Crippen MR) is 62.7 cm³/mol. The summed E-state index contributed by atoms with van der Waals surface area (Å²) in [6.07, 6.45) is 0.436.